The molecule has 8 aromatic rings. The van der Waals surface area contributed by atoms with Crippen LogP contribution in [0.15, 0.2) is 194 Å². The highest BCUT2D eigenvalue weighted by atomic mass is 28.3. The summed E-state index contributed by atoms with van der Waals surface area (Å²) < 4.78 is 0. The van der Waals surface area contributed by atoms with Crippen molar-refractivity contribution >= 4 is 57.6 Å². The van der Waals surface area contributed by atoms with Gasteiger partial charge in [0, 0.05) is 0 Å². The van der Waals surface area contributed by atoms with E-state index in [1.165, 1.54) is 86.0 Å². The Morgan fingerprint density at radius 1 is 0.238 bits per heavy atom. The third-order valence-electron chi connectivity index (χ3n) is 12.1. The fraction of sp³-hybridized carbons (Fsp3) is 0.213. The van der Waals surface area contributed by atoms with Crippen LogP contribution in [-0.2, 0) is 6.42 Å². The molecular formula is C61H70Si2. The SMILES string of the molecule is CC.CC.CC.CC.CC.CC.c1ccc([Si]2(c3ccc4c(c3)-c3cc([Si]5(c6ccccc6)c6ccccc6-c6ccccc65)ccc3C4)c3ccccc3-c3ccccc32)cc1. The van der Waals surface area contributed by atoms with E-state index in [1.54, 1.807) is 0 Å². The minimum atomic E-state index is -2.58. The first-order valence-electron chi connectivity index (χ1n) is 24.1. The zero-order valence-corrected chi connectivity index (χ0v) is 42.2. The topological polar surface area (TPSA) is 0 Å². The van der Waals surface area contributed by atoms with E-state index in [1.807, 2.05) is 83.1 Å². The summed E-state index contributed by atoms with van der Waals surface area (Å²) in [4.78, 5) is 0. The van der Waals surface area contributed by atoms with Crippen LogP contribution in [0.25, 0.3) is 33.4 Å². The summed E-state index contributed by atoms with van der Waals surface area (Å²) >= 11 is 0. The van der Waals surface area contributed by atoms with Crippen LogP contribution in [0.5, 0.6) is 0 Å². The Hall–Kier alpha value is -5.81. The Balaban J connectivity index is 0.000000579. The number of benzene rings is 8. The summed E-state index contributed by atoms with van der Waals surface area (Å²) in [5.41, 5.74) is 11.2. The van der Waals surface area contributed by atoms with Gasteiger partial charge in [-0.2, -0.15) is 0 Å². The normalized spacial score (nSPS) is 12.6. The molecule has 0 amide bonds. The van der Waals surface area contributed by atoms with Crippen molar-refractivity contribution in [2.75, 3.05) is 0 Å². The molecule has 2 heteroatoms. The van der Waals surface area contributed by atoms with Crippen LogP contribution in [0.4, 0.5) is 0 Å². The van der Waals surface area contributed by atoms with Crippen molar-refractivity contribution < 1.29 is 0 Å². The van der Waals surface area contributed by atoms with E-state index < -0.39 is 16.1 Å². The molecule has 11 rings (SSSR count). The highest BCUT2D eigenvalue weighted by Gasteiger charge is 2.50. The van der Waals surface area contributed by atoms with Crippen LogP contribution >= 0.6 is 0 Å². The number of hydrogen-bond acceptors (Lipinski definition) is 0. The maximum Gasteiger partial charge on any atom is 0.180 e. The summed E-state index contributed by atoms with van der Waals surface area (Å²) in [7, 11) is -5.17. The zero-order valence-electron chi connectivity index (χ0n) is 40.2. The molecule has 8 aromatic carbocycles. The first kappa shape index (κ1) is 48.2. The molecule has 0 bridgehead atoms. The Labute approximate surface area is 383 Å². The maximum atomic E-state index is 2.61. The highest BCUT2D eigenvalue weighted by Crippen LogP contribution is 2.38. The van der Waals surface area contributed by atoms with Gasteiger partial charge in [0.15, 0.2) is 16.1 Å². The number of fused-ring (bicyclic) bond motifs is 9. The van der Waals surface area contributed by atoms with Gasteiger partial charge in [0.05, 0.1) is 0 Å². The number of hydrogen-bond donors (Lipinski definition) is 0. The third-order valence-corrected chi connectivity index (χ3v) is 21.8. The van der Waals surface area contributed by atoms with Crippen molar-refractivity contribution in [3.63, 3.8) is 0 Å². The lowest BCUT2D eigenvalue weighted by molar-refractivity contribution is 1.27. The number of rotatable bonds is 4. The predicted molar refractivity (Wildman–Crippen MR) is 288 cm³/mol. The molecule has 322 valence electrons. The molecule has 0 nitrogen and oxygen atoms in total. The monoisotopic (exact) mass is 859 g/mol. The first-order valence-corrected chi connectivity index (χ1v) is 28.1. The zero-order chi connectivity index (χ0) is 45.6. The van der Waals surface area contributed by atoms with E-state index in [2.05, 4.69) is 194 Å². The average Bonchev–Trinajstić information content (AvgIpc) is 4.03. The lowest BCUT2D eigenvalue weighted by Gasteiger charge is -2.32. The third kappa shape index (κ3) is 7.94. The Morgan fingerprint density at radius 2 is 0.492 bits per heavy atom. The molecule has 0 spiro atoms. The summed E-state index contributed by atoms with van der Waals surface area (Å²) in [5.74, 6) is 0. The van der Waals surface area contributed by atoms with Gasteiger partial charge in [0.2, 0.25) is 0 Å². The van der Waals surface area contributed by atoms with Crippen LogP contribution in [0, 0.1) is 0 Å². The van der Waals surface area contributed by atoms with Gasteiger partial charge in [-0.1, -0.05) is 277 Å². The van der Waals surface area contributed by atoms with E-state index >= 15 is 0 Å². The van der Waals surface area contributed by atoms with E-state index in [-0.39, 0.29) is 0 Å². The molecule has 1 aliphatic carbocycles. The Kier molecular flexibility index (Phi) is 17.2. The van der Waals surface area contributed by atoms with Gasteiger partial charge in [-0.15, -0.1) is 0 Å². The molecular weight excluding hydrogens is 789 g/mol. The van der Waals surface area contributed by atoms with Crippen LogP contribution in [0.1, 0.15) is 94.2 Å². The van der Waals surface area contributed by atoms with E-state index in [0.717, 1.165) is 6.42 Å². The smallest absolute Gasteiger partial charge is 0.0683 e. The van der Waals surface area contributed by atoms with Crippen LogP contribution in [0.3, 0.4) is 0 Å². The van der Waals surface area contributed by atoms with E-state index in [9.17, 15) is 0 Å². The van der Waals surface area contributed by atoms with Crippen LogP contribution in [-0.4, -0.2) is 16.1 Å². The minimum absolute atomic E-state index is 0.978. The molecule has 0 N–H and O–H groups in total. The van der Waals surface area contributed by atoms with Crippen molar-refractivity contribution in [2.24, 2.45) is 0 Å². The minimum Gasteiger partial charge on any atom is -0.0683 e. The Bertz CT molecular complexity index is 2400. The first-order chi connectivity index (χ1) is 31.3. The maximum absolute atomic E-state index is 2.61. The molecule has 3 aliphatic rings. The van der Waals surface area contributed by atoms with Crippen molar-refractivity contribution in [1.82, 2.24) is 0 Å². The van der Waals surface area contributed by atoms with Gasteiger partial charge < -0.3 is 0 Å². The van der Waals surface area contributed by atoms with Crippen molar-refractivity contribution in [2.45, 2.75) is 89.5 Å². The van der Waals surface area contributed by atoms with Gasteiger partial charge in [0.1, 0.15) is 0 Å². The Morgan fingerprint density at radius 3 is 0.778 bits per heavy atom. The van der Waals surface area contributed by atoms with E-state index in [4.69, 9.17) is 0 Å². The summed E-state index contributed by atoms with van der Waals surface area (Å²) in [6.07, 6.45) is 0.978. The summed E-state index contributed by atoms with van der Waals surface area (Å²) in [6.45, 7) is 24.0. The standard InChI is InChI=1S/C49H34Si2.6C2H6/c1-3-15-36(16-4-1)50(46-23-11-7-19-40(46)41-20-8-12-24-47(41)50)38-29-27-34-31-35-28-30-39(33-45(35)44(34)32-38)51(37-17-5-2-6-18-37)48-25-13-9-21-42(48)43-22-10-14-26-49(43)51;6*1-2/h1-30,32-33H,31H2;6*1-2H3. The summed E-state index contributed by atoms with van der Waals surface area (Å²) in [6, 6.07) is 74.7. The average molecular weight is 859 g/mol. The quantitative estimate of drug-likeness (QED) is 0.155. The molecule has 63 heavy (non-hydrogen) atoms. The fourth-order valence-electron chi connectivity index (χ4n) is 10.1. The molecule has 0 atom stereocenters. The molecule has 0 saturated carbocycles. The van der Waals surface area contributed by atoms with Gasteiger partial charge >= 0.3 is 0 Å². The van der Waals surface area contributed by atoms with Gasteiger partial charge in [0.25, 0.3) is 0 Å². The second kappa shape index (κ2) is 22.5. The fourth-order valence-corrected chi connectivity index (χ4v) is 20.4. The van der Waals surface area contributed by atoms with Crippen molar-refractivity contribution in [1.29, 1.82) is 0 Å². The second-order valence-corrected chi connectivity index (χ2v) is 21.8. The lowest BCUT2D eigenvalue weighted by Crippen LogP contribution is -2.73. The van der Waals surface area contributed by atoms with Crippen LogP contribution in [0.2, 0.25) is 0 Å². The van der Waals surface area contributed by atoms with Crippen molar-refractivity contribution in [3.05, 3.63) is 205 Å². The van der Waals surface area contributed by atoms with Gasteiger partial charge in [-0.25, -0.2) is 0 Å². The van der Waals surface area contributed by atoms with Gasteiger partial charge in [-0.05, 0) is 92.4 Å². The van der Waals surface area contributed by atoms with E-state index in [0.29, 0.717) is 0 Å². The van der Waals surface area contributed by atoms with Crippen LogP contribution < -0.4 is 41.5 Å². The summed E-state index contributed by atoms with van der Waals surface area (Å²) in [5, 5.41) is 11.8. The molecule has 0 radical (unpaired) electrons. The molecule has 2 heterocycles. The largest absolute Gasteiger partial charge is 0.180 e. The predicted octanol–water partition coefficient (Wildman–Crippen LogP) is 12.1. The lowest BCUT2D eigenvalue weighted by atomic mass is 10.1. The second-order valence-electron chi connectivity index (χ2n) is 14.3. The molecule has 0 saturated heterocycles. The molecule has 0 fully saturated rings. The van der Waals surface area contributed by atoms with Gasteiger partial charge in [-0.3, -0.25) is 0 Å². The molecule has 0 aromatic heterocycles. The molecule has 2 aliphatic heterocycles. The van der Waals surface area contributed by atoms with Crippen molar-refractivity contribution in [3.8, 4) is 33.4 Å². The highest BCUT2D eigenvalue weighted by molar-refractivity contribution is 7.23. The molecule has 0 unspecified atom stereocenters.